The standard InChI is InChI=1S/C22H22N2O2/c1-3-24(2)22(25)20-17-10-4-5-12-19(17)23-21-15(8-6-11-18(20)21)14-16-9-7-13-26-16/h4-5,7,9-10,12-14H,3,6,8,11H2,1-2H3. The molecule has 0 N–H and O–H groups in total. The van der Waals surface area contributed by atoms with Crippen LogP contribution in [0, 0.1) is 0 Å². The zero-order chi connectivity index (χ0) is 18.1. The molecule has 1 aliphatic carbocycles. The van der Waals surface area contributed by atoms with Crippen molar-refractivity contribution in [3.05, 3.63) is 65.2 Å². The van der Waals surface area contributed by atoms with E-state index < -0.39 is 0 Å². The van der Waals surface area contributed by atoms with Gasteiger partial charge >= 0.3 is 0 Å². The monoisotopic (exact) mass is 346 g/mol. The van der Waals surface area contributed by atoms with Crippen molar-refractivity contribution >= 4 is 28.5 Å². The van der Waals surface area contributed by atoms with Crippen molar-refractivity contribution in [1.29, 1.82) is 0 Å². The lowest BCUT2D eigenvalue weighted by molar-refractivity contribution is 0.0803. The highest BCUT2D eigenvalue weighted by Gasteiger charge is 2.26. The van der Waals surface area contributed by atoms with Gasteiger partial charge in [0.15, 0.2) is 0 Å². The van der Waals surface area contributed by atoms with E-state index in [2.05, 4.69) is 6.08 Å². The fourth-order valence-corrected chi connectivity index (χ4v) is 3.60. The Morgan fingerprint density at radius 2 is 2.08 bits per heavy atom. The molecule has 4 nitrogen and oxygen atoms in total. The molecular weight excluding hydrogens is 324 g/mol. The molecule has 0 radical (unpaired) electrons. The summed E-state index contributed by atoms with van der Waals surface area (Å²) in [4.78, 5) is 19.8. The molecule has 2 heterocycles. The van der Waals surface area contributed by atoms with Crippen LogP contribution in [0.15, 0.2) is 47.1 Å². The Hall–Kier alpha value is -2.88. The molecule has 132 valence electrons. The zero-order valence-electron chi connectivity index (χ0n) is 15.2. The molecule has 4 heteroatoms. The van der Waals surface area contributed by atoms with Gasteiger partial charge in [-0.3, -0.25) is 4.79 Å². The summed E-state index contributed by atoms with van der Waals surface area (Å²) < 4.78 is 5.49. The third kappa shape index (κ3) is 2.81. The molecule has 0 atom stereocenters. The van der Waals surface area contributed by atoms with Crippen molar-refractivity contribution in [1.82, 2.24) is 9.88 Å². The van der Waals surface area contributed by atoms with Crippen LogP contribution in [-0.4, -0.2) is 29.4 Å². The maximum absolute atomic E-state index is 13.1. The second kappa shape index (κ2) is 6.79. The summed E-state index contributed by atoms with van der Waals surface area (Å²) in [7, 11) is 1.85. The van der Waals surface area contributed by atoms with Crippen molar-refractivity contribution < 1.29 is 9.21 Å². The van der Waals surface area contributed by atoms with Gasteiger partial charge in [0.05, 0.1) is 23.0 Å². The SMILES string of the molecule is CCN(C)C(=O)c1c2c(nc3ccccc13)C(=Cc1ccco1)CCC2. The number of aromatic nitrogens is 1. The molecular formula is C22H22N2O2. The third-order valence-electron chi connectivity index (χ3n) is 5.06. The van der Waals surface area contributed by atoms with Gasteiger partial charge in [0.2, 0.25) is 0 Å². The van der Waals surface area contributed by atoms with Crippen LogP contribution in [0.2, 0.25) is 0 Å². The molecule has 0 saturated carbocycles. The Bertz CT molecular complexity index is 987. The summed E-state index contributed by atoms with van der Waals surface area (Å²) in [5, 5.41) is 0.941. The summed E-state index contributed by atoms with van der Waals surface area (Å²) in [5.41, 5.74) is 4.82. The third-order valence-corrected chi connectivity index (χ3v) is 5.06. The highest BCUT2D eigenvalue weighted by atomic mass is 16.3. The number of hydrogen-bond donors (Lipinski definition) is 0. The number of rotatable bonds is 3. The van der Waals surface area contributed by atoms with Gasteiger partial charge in [-0.2, -0.15) is 0 Å². The molecule has 1 aliphatic rings. The number of furan rings is 1. The number of amides is 1. The number of nitrogens with zero attached hydrogens (tertiary/aromatic N) is 2. The van der Waals surface area contributed by atoms with Crippen molar-refractivity contribution in [2.75, 3.05) is 13.6 Å². The highest BCUT2D eigenvalue weighted by molar-refractivity contribution is 6.09. The van der Waals surface area contributed by atoms with Crippen LogP contribution in [0.1, 0.15) is 47.1 Å². The molecule has 0 aliphatic heterocycles. The lowest BCUT2D eigenvalue weighted by Crippen LogP contribution is -2.28. The molecule has 0 spiro atoms. The number of allylic oxidation sites excluding steroid dienone is 1. The molecule has 0 fully saturated rings. The molecule has 26 heavy (non-hydrogen) atoms. The van der Waals surface area contributed by atoms with Crippen LogP contribution in [0.4, 0.5) is 0 Å². The van der Waals surface area contributed by atoms with Gasteiger partial charge in [0, 0.05) is 19.0 Å². The Balaban J connectivity index is 1.97. The number of pyridine rings is 1. The first kappa shape index (κ1) is 16.6. The van der Waals surface area contributed by atoms with Gasteiger partial charge in [-0.1, -0.05) is 18.2 Å². The Kier molecular flexibility index (Phi) is 4.33. The molecule has 1 aromatic carbocycles. The minimum absolute atomic E-state index is 0.0709. The molecule has 0 unspecified atom stereocenters. The maximum atomic E-state index is 13.1. The Labute approximate surface area is 153 Å². The average Bonchev–Trinajstić information content (AvgIpc) is 3.18. The van der Waals surface area contributed by atoms with E-state index in [1.165, 1.54) is 0 Å². The van der Waals surface area contributed by atoms with E-state index in [0.717, 1.165) is 58.3 Å². The number of carbonyl (C=O) groups is 1. The average molecular weight is 346 g/mol. The number of para-hydroxylation sites is 1. The Morgan fingerprint density at radius 1 is 1.23 bits per heavy atom. The number of hydrogen-bond acceptors (Lipinski definition) is 3. The summed E-state index contributed by atoms with van der Waals surface area (Å²) in [6.07, 6.45) is 6.56. The van der Waals surface area contributed by atoms with Crippen molar-refractivity contribution in [2.45, 2.75) is 26.2 Å². The first-order valence-electron chi connectivity index (χ1n) is 9.10. The largest absolute Gasteiger partial charge is 0.465 e. The van der Waals surface area contributed by atoms with E-state index in [9.17, 15) is 4.79 Å². The summed E-state index contributed by atoms with van der Waals surface area (Å²) in [6.45, 7) is 2.68. The topological polar surface area (TPSA) is 46.3 Å². The van der Waals surface area contributed by atoms with E-state index >= 15 is 0 Å². The summed E-state index contributed by atoms with van der Waals surface area (Å²) in [6, 6.07) is 11.8. The molecule has 2 aromatic heterocycles. The minimum Gasteiger partial charge on any atom is -0.465 e. The fraction of sp³-hybridized carbons (Fsp3) is 0.273. The normalized spacial score (nSPS) is 15.2. The van der Waals surface area contributed by atoms with Gasteiger partial charge in [-0.05, 0) is 61.6 Å². The van der Waals surface area contributed by atoms with E-state index in [1.807, 2.05) is 50.4 Å². The van der Waals surface area contributed by atoms with Crippen LogP contribution in [0.25, 0.3) is 22.6 Å². The predicted molar refractivity (Wildman–Crippen MR) is 104 cm³/mol. The molecule has 4 rings (SSSR count). The first-order chi connectivity index (χ1) is 12.7. The molecule has 1 amide bonds. The first-order valence-corrected chi connectivity index (χ1v) is 9.10. The van der Waals surface area contributed by atoms with E-state index in [0.29, 0.717) is 6.54 Å². The van der Waals surface area contributed by atoms with Crippen molar-refractivity contribution in [3.8, 4) is 0 Å². The smallest absolute Gasteiger partial charge is 0.254 e. The second-order valence-corrected chi connectivity index (χ2v) is 6.69. The van der Waals surface area contributed by atoms with Crippen LogP contribution < -0.4 is 0 Å². The van der Waals surface area contributed by atoms with Crippen LogP contribution >= 0.6 is 0 Å². The van der Waals surface area contributed by atoms with Gasteiger partial charge in [-0.25, -0.2) is 4.98 Å². The van der Waals surface area contributed by atoms with Gasteiger partial charge < -0.3 is 9.32 Å². The number of carbonyl (C=O) groups excluding carboxylic acids is 1. The Morgan fingerprint density at radius 3 is 2.85 bits per heavy atom. The zero-order valence-corrected chi connectivity index (χ0v) is 15.2. The summed E-state index contributed by atoms with van der Waals surface area (Å²) in [5.74, 6) is 0.892. The van der Waals surface area contributed by atoms with E-state index in [4.69, 9.17) is 9.40 Å². The highest BCUT2D eigenvalue weighted by Crippen LogP contribution is 2.36. The summed E-state index contributed by atoms with van der Waals surface area (Å²) >= 11 is 0. The number of fused-ring (bicyclic) bond motifs is 2. The van der Waals surface area contributed by atoms with Crippen LogP contribution in [-0.2, 0) is 6.42 Å². The molecule has 3 aromatic rings. The van der Waals surface area contributed by atoms with Crippen molar-refractivity contribution in [2.24, 2.45) is 0 Å². The predicted octanol–water partition coefficient (Wildman–Crippen LogP) is 4.80. The lowest BCUT2D eigenvalue weighted by atomic mass is 9.86. The van der Waals surface area contributed by atoms with E-state index in [1.54, 1.807) is 11.2 Å². The second-order valence-electron chi connectivity index (χ2n) is 6.69. The fourth-order valence-electron chi connectivity index (χ4n) is 3.60. The lowest BCUT2D eigenvalue weighted by Gasteiger charge is -2.24. The van der Waals surface area contributed by atoms with E-state index in [-0.39, 0.29) is 5.91 Å². The molecule has 0 saturated heterocycles. The maximum Gasteiger partial charge on any atom is 0.254 e. The van der Waals surface area contributed by atoms with Gasteiger partial charge in [0.1, 0.15) is 5.76 Å². The van der Waals surface area contributed by atoms with Crippen LogP contribution in [0.3, 0.4) is 0 Å². The number of benzene rings is 1. The molecule has 0 bridgehead atoms. The van der Waals surface area contributed by atoms with Gasteiger partial charge in [0.25, 0.3) is 5.91 Å². The quantitative estimate of drug-likeness (QED) is 0.684. The minimum atomic E-state index is 0.0709. The van der Waals surface area contributed by atoms with Crippen LogP contribution in [0.5, 0.6) is 0 Å². The van der Waals surface area contributed by atoms with Gasteiger partial charge in [-0.15, -0.1) is 0 Å². The van der Waals surface area contributed by atoms with Crippen molar-refractivity contribution in [3.63, 3.8) is 0 Å².